The van der Waals surface area contributed by atoms with Gasteiger partial charge in [0.05, 0.1) is 19.3 Å². The van der Waals surface area contributed by atoms with Crippen LogP contribution >= 0.6 is 15.6 Å². The topological polar surface area (TPSA) is 286 Å². The van der Waals surface area contributed by atoms with Crippen LogP contribution in [-0.2, 0) is 46.3 Å². The molecule has 2 heterocycles. The number of rotatable bonds is 42. The van der Waals surface area contributed by atoms with Crippen LogP contribution in [0.1, 0.15) is 155 Å². The summed E-state index contributed by atoms with van der Waals surface area (Å²) in [5.74, 6) is -1.45. The van der Waals surface area contributed by atoms with Gasteiger partial charge in [-0.05, 0) is 83.1 Å². The fourth-order valence-electron chi connectivity index (χ4n) is 7.16. The van der Waals surface area contributed by atoms with Gasteiger partial charge in [-0.15, -0.1) is 0 Å². The number of carbonyl (C=O) groups excluding carboxylic acids is 2. The first-order chi connectivity index (χ1) is 36.1. The maximum Gasteiger partial charge on any atom is 0.481 e. The highest BCUT2D eigenvalue weighted by molar-refractivity contribution is 7.61. The van der Waals surface area contributed by atoms with Gasteiger partial charge in [-0.25, -0.2) is 13.9 Å². The van der Waals surface area contributed by atoms with E-state index in [0.717, 1.165) is 81.4 Å². The molecule has 1 aromatic rings. The number of phosphoric ester groups is 2. The van der Waals surface area contributed by atoms with Crippen LogP contribution in [0.2, 0.25) is 0 Å². The van der Waals surface area contributed by atoms with E-state index in [1.165, 1.54) is 25.3 Å². The highest BCUT2D eigenvalue weighted by Crippen LogP contribution is 2.60. The van der Waals surface area contributed by atoms with E-state index in [1.54, 1.807) is 6.08 Å². The second-order valence-electron chi connectivity index (χ2n) is 17.8. The molecule has 75 heavy (non-hydrogen) atoms. The van der Waals surface area contributed by atoms with Gasteiger partial charge >= 0.3 is 33.3 Å². The highest BCUT2D eigenvalue weighted by atomic mass is 31.3. The van der Waals surface area contributed by atoms with E-state index in [1.807, 2.05) is 54.7 Å². The Kier molecular flexibility index (Phi) is 36.3. The number of nitrogen functional groups attached to an aromatic ring is 1. The van der Waals surface area contributed by atoms with Crippen molar-refractivity contribution in [1.82, 2.24) is 9.55 Å². The molecule has 3 unspecified atom stereocenters. The van der Waals surface area contributed by atoms with Crippen molar-refractivity contribution >= 4 is 33.4 Å². The number of phosphoric acid groups is 2. The highest BCUT2D eigenvalue weighted by Gasteiger charge is 2.46. The van der Waals surface area contributed by atoms with Crippen molar-refractivity contribution in [2.75, 3.05) is 25.6 Å². The third-order valence-electron chi connectivity index (χ3n) is 11.2. The Morgan fingerprint density at radius 1 is 0.720 bits per heavy atom. The molecule has 0 aromatic carbocycles. The van der Waals surface area contributed by atoms with Crippen molar-refractivity contribution in [3.05, 3.63) is 120 Å². The van der Waals surface area contributed by atoms with Gasteiger partial charge in [0.15, 0.2) is 12.3 Å². The number of nitrogens with zero attached hydrogens (tertiary/aromatic N) is 2. The number of aliphatic hydroxyl groups excluding tert-OH is 3. The molecule has 1 saturated heterocycles. The molecule has 0 aliphatic carbocycles. The first kappa shape index (κ1) is 66.8. The lowest BCUT2D eigenvalue weighted by molar-refractivity contribution is -0.161. The quantitative estimate of drug-likeness (QED) is 0.0117. The van der Waals surface area contributed by atoms with Crippen LogP contribution in [0.4, 0.5) is 5.82 Å². The summed E-state index contributed by atoms with van der Waals surface area (Å²) < 4.78 is 56.7. The van der Waals surface area contributed by atoms with Gasteiger partial charge in [0.1, 0.15) is 30.7 Å². The van der Waals surface area contributed by atoms with Crippen LogP contribution < -0.4 is 11.4 Å². The van der Waals surface area contributed by atoms with E-state index >= 15 is 0 Å². The summed E-state index contributed by atoms with van der Waals surface area (Å²) in [7, 11) is -10.9. The molecule has 0 spiro atoms. The maximum absolute atomic E-state index is 12.9. The summed E-state index contributed by atoms with van der Waals surface area (Å²) >= 11 is 0. The number of carbonyl (C=O) groups is 2. The Hall–Kier alpha value is -4.36. The second kappa shape index (κ2) is 40.8. The predicted molar refractivity (Wildman–Crippen MR) is 290 cm³/mol. The van der Waals surface area contributed by atoms with Crippen molar-refractivity contribution in [2.45, 2.75) is 185 Å². The monoisotopic (exact) mass is 1090 g/mol. The van der Waals surface area contributed by atoms with E-state index in [0.29, 0.717) is 32.1 Å². The Morgan fingerprint density at radius 2 is 1.31 bits per heavy atom. The number of allylic oxidation sites excluding steroid dienone is 14. The van der Waals surface area contributed by atoms with Crippen LogP contribution in [0.5, 0.6) is 0 Å². The largest absolute Gasteiger partial charge is 0.481 e. The minimum absolute atomic E-state index is 0.00982. The third kappa shape index (κ3) is 33.4. The molecular weight excluding hydrogens is 1010 g/mol. The molecule has 1 aliphatic heterocycles. The van der Waals surface area contributed by atoms with Crippen molar-refractivity contribution < 1.29 is 71.4 Å². The third-order valence-corrected chi connectivity index (χ3v) is 13.8. The Bertz CT molecular complexity index is 2150. The van der Waals surface area contributed by atoms with E-state index in [9.17, 15) is 48.6 Å². The minimum atomic E-state index is -5.46. The standard InChI is InChI=1S/C54H85N3O16P2/c1-3-5-7-9-11-12-13-14-15-16-17-18-19-24-27-31-35-39-50(60)71-46(42-68-49(59)38-34-30-26-23-21-20-22-25-29-33-37-45(58)36-32-28-10-8-6-4-2)43-69-74(64,65)73-75(66,67)70-44-47-51(61)52(62)53(72-47)57-41-40-48(55)56-54(57)63/h6,8,11-12,14-15,20-21,25-26,28-30,32-33,37,40-41,45-47,51-53,58,61-62H,3-5,7,9-10,13,16-19,22-24,27,31,34-36,38-39,42-44H2,1-2H3,(H,64,65)(H,66,67)(H2,55,56,63)/b8-6-,12-11-,15-14-,21-20-,29-25-,30-26-,32-28-,37-33+/t45?,46-,47-,51-,52-,53-/m1/s1. The average Bonchev–Trinajstić information content (AvgIpc) is 3.64. The number of hydrogen-bond acceptors (Lipinski definition) is 16. The first-order valence-corrected chi connectivity index (χ1v) is 29.3. The Labute approximate surface area is 443 Å². The van der Waals surface area contributed by atoms with Gasteiger partial charge in [0, 0.05) is 19.0 Å². The summed E-state index contributed by atoms with van der Waals surface area (Å²) in [5.41, 5.74) is 4.58. The van der Waals surface area contributed by atoms with E-state index in [4.69, 9.17) is 29.0 Å². The lowest BCUT2D eigenvalue weighted by atomic mass is 10.1. The van der Waals surface area contributed by atoms with Crippen molar-refractivity contribution in [1.29, 1.82) is 0 Å². The van der Waals surface area contributed by atoms with Crippen LogP contribution in [0, 0.1) is 0 Å². The van der Waals surface area contributed by atoms with E-state index in [-0.39, 0.29) is 18.7 Å². The number of anilines is 1. The zero-order valence-corrected chi connectivity index (χ0v) is 45.7. The molecule has 0 radical (unpaired) electrons. The van der Waals surface area contributed by atoms with Gasteiger partial charge in [-0.2, -0.15) is 9.29 Å². The van der Waals surface area contributed by atoms with Crippen LogP contribution in [0.3, 0.4) is 0 Å². The Morgan fingerprint density at radius 3 is 1.97 bits per heavy atom. The molecule has 1 aliphatic rings. The van der Waals surface area contributed by atoms with Crippen LogP contribution in [-0.4, -0.2) is 96.9 Å². The number of unbranched alkanes of at least 4 members (excludes halogenated alkanes) is 10. The fourth-order valence-corrected chi connectivity index (χ4v) is 9.27. The van der Waals surface area contributed by atoms with Crippen molar-refractivity contribution in [3.63, 3.8) is 0 Å². The average molecular weight is 1090 g/mol. The smallest absolute Gasteiger partial charge is 0.462 e. The van der Waals surface area contributed by atoms with Crippen molar-refractivity contribution in [3.8, 4) is 0 Å². The van der Waals surface area contributed by atoms with Crippen molar-refractivity contribution in [2.24, 2.45) is 0 Å². The molecule has 21 heteroatoms. The number of esters is 2. The van der Waals surface area contributed by atoms with Crippen LogP contribution in [0.15, 0.2) is 114 Å². The number of nitrogens with two attached hydrogens (primary N) is 1. The summed E-state index contributed by atoms with van der Waals surface area (Å²) in [6.45, 7) is 1.86. The molecule has 2 rings (SSSR count). The SMILES string of the molecule is CC/C=C\C/C=C\CC(O)/C=C/C=C\C/C=C\C/C=C\CCC(=O)OC[C@H](COP(=O)(O)OP(=O)(O)OC[C@H]1O[C@@H](n2ccc(N)nc2=O)[C@H](O)[C@@H]1O)OC(=O)CCCCCCCCC/C=C\C/C=C\CCCCC. The molecule has 0 bridgehead atoms. The normalized spacial score (nSPS) is 20.0. The van der Waals surface area contributed by atoms with Gasteiger partial charge in [-0.3, -0.25) is 23.2 Å². The zero-order valence-electron chi connectivity index (χ0n) is 43.9. The molecule has 422 valence electrons. The van der Waals surface area contributed by atoms with E-state index in [2.05, 4.69) is 59.6 Å². The van der Waals surface area contributed by atoms with Gasteiger partial charge < -0.3 is 45.1 Å². The van der Waals surface area contributed by atoms with Crippen LogP contribution in [0.25, 0.3) is 0 Å². The Balaban J connectivity index is 1.84. The number of aliphatic hydroxyl groups is 3. The van der Waals surface area contributed by atoms with Gasteiger partial charge in [-0.1, -0.05) is 156 Å². The minimum Gasteiger partial charge on any atom is -0.462 e. The fraction of sp³-hybridized carbons (Fsp3) is 0.593. The molecule has 0 amide bonds. The lowest BCUT2D eigenvalue weighted by Gasteiger charge is -2.21. The maximum atomic E-state index is 12.9. The number of hydrogen-bond donors (Lipinski definition) is 6. The zero-order chi connectivity index (χ0) is 55.0. The second-order valence-corrected chi connectivity index (χ2v) is 20.9. The molecule has 19 nitrogen and oxygen atoms in total. The molecule has 1 fully saturated rings. The summed E-state index contributed by atoms with van der Waals surface area (Å²) in [6, 6.07) is 1.24. The van der Waals surface area contributed by atoms with Gasteiger partial charge in [0.25, 0.3) is 0 Å². The molecule has 8 atom stereocenters. The predicted octanol–water partition coefficient (Wildman–Crippen LogP) is 10.2. The van der Waals surface area contributed by atoms with E-state index < -0.39 is 89.8 Å². The number of ether oxygens (including phenoxy) is 3. The summed E-state index contributed by atoms with van der Waals surface area (Å²) in [6.07, 6.45) is 42.3. The van der Waals surface area contributed by atoms with Gasteiger partial charge in [0.2, 0.25) is 0 Å². The lowest BCUT2D eigenvalue weighted by Crippen LogP contribution is -2.36. The molecule has 0 saturated carbocycles. The number of aromatic nitrogens is 2. The summed E-state index contributed by atoms with van der Waals surface area (Å²) in [4.78, 5) is 62.0. The molecule has 7 N–H and O–H groups in total. The first-order valence-electron chi connectivity index (χ1n) is 26.4. The molecule has 1 aromatic heterocycles. The molecular formula is C54H85N3O16P2. The summed E-state index contributed by atoms with van der Waals surface area (Å²) in [5, 5.41) is 31.0.